The number of alkyl halides is 3. The molecule has 0 unspecified atom stereocenters. The summed E-state index contributed by atoms with van der Waals surface area (Å²) in [6.45, 7) is 0.460. The molecule has 0 bridgehead atoms. The first kappa shape index (κ1) is 23.8. The van der Waals surface area contributed by atoms with E-state index in [-0.39, 0.29) is 25.2 Å². The van der Waals surface area contributed by atoms with Gasteiger partial charge in [-0.3, -0.25) is 9.59 Å². The minimum Gasteiger partial charge on any atom is -0.454 e. The molecule has 5 rings (SSSR count). The van der Waals surface area contributed by atoms with Crippen LogP contribution < -0.4 is 19.7 Å². The largest absolute Gasteiger partial charge is 0.454 e. The zero-order chi connectivity index (χ0) is 25.4. The van der Waals surface area contributed by atoms with Crippen molar-refractivity contribution >= 4 is 35.3 Å². The first-order chi connectivity index (χ1) is 17.2. The molecule has 184 valence electrons. The van der Waals surface area contributed by atoms with Crippen LogP contribution in [0.1, 0.15) is 27.0 Å². The van der Waals surface area contributed by atoms with E-state index in [2.05, 4.69) is 5.32 Å². The molecule has 36 heavy (non-hydrogen) atoms. The van der Waals surface area contributed by atoms with Crippen LogP contribution in [0.5, 0.6) is 11.5 Å². The number of hydrogen-bond donors (Lipinski definition) is 1. The average molecular weight is 513 g/mol. The van der Waals surface area contributed by atoms with Crippen molar-refractivity contribution in [3.05, 3.63) is 87.8 Å². The number of carbonyl (C=O) groups is 2. The van der Waals surface area contributed by atoms with Crippen LogP contribution >= 0.6 is 11.8 Å². The lowest BCUT2D eigenvalue weighted by Crippen LogP contribution is -2.31. The first-order valence-electron chi connectivity index (χ1n) is 10.8. The third kappa shape index (κ3) is 4.76. The molecule has 0 fully saturated rings. The number of amides is 2. The molecule has 0 radical (unpaired) electrons. The average Bonchev–Trinajstić information content (AvgIpc) is 3.33. The van der Waals surface area contributed by atoms with Gasteiger partial charge in [-0.25, -0.2) is 0 Å². The first-order valence-corrected chi connectivity index (χ1v) is 11.7. The van der Waals surface area contributed by atoms with E-state index in [9.17, 15) is 22.8 Å². The second-order valence-electron chi connectivity index (χ2n) is 8.15. The second-order valence-corrected chi connectivity index (χ2v) is 9.23. The minimum atomic E-state index is -4.42. The Hall–Kier alpha value is -3.92. The van der Waals surface area contributed by atoms with E-state index >= 15 is 0 Å². The van der Waals surface area contributed by atoms with Gasteiger partial charge in [0.1, 0.15) is 0 Å². The molecule has 2 heterocycles. The summed E-state index contributed by atoms with van der Waals surface area (Å²) in [5.41, 5.74) is 1.55. The number of thioether (sulfide) groups is 1. The highest BCUT2D eigenvalue weighted by molar-refractivity contribution is 8.04. The van der Waals surface area contributed by atoms with Gasteiger partial charge in [-0.1, -0.05) is 30.0 Å². The molecular weight excluding hydrogens is 493 g/mol. The fraction of sp³-hybridized carbons (Fsp3) is 0.154. The summed E-state index contributed by atoms with van der Waals surface area (Å²) < 4.78 is 49.1. The molecule has 2 aliphatic heterocycles. The zero-order valence-corrected chi connectivity index (χ0v) is 19.7. The molecule has 0 saturated heterocycles. The molecular formula is C26H19F3N2O4S. The number of anilines is 1. The number of benzene rings is 3. The Bertz CT molecular complexity index is 1390. The maximum Gasteiger partial charge on any atom is 0.416 e. The maximum atomic E-state index is 12.9. The summed E-state index contributed by atoms with van der Waals surface area (Å²) in [6.07, 6.45) is -2.87. The van der Waals surface area contributed by atoms with E-state index in [0.29, 0.717) is 33.2 Å². The number of likely N-dealkylation sites (N-methyl/N-ethyl adjacent to an activating group) is 1. The second kappa shape index (κ2) is 9.27. The normalized spacial score (nSPS) is 15.7. The van der Waals surface area contributed by atoms with Crippen molar-refractivity contribution in [3.8, 4) is 11.5 Å². The molecule has 10 heteroatoms. The number of hydrogen-bond acceptors (Lipinski definition) is 5. The van der Waals surface area contributed by atoms with Gasteiger partial charge in [0, 0.05) is 24.1 Å². The Morgan fingerprint density at radius 2 is 1.81 bits per heavy atom. The SMILES string of the molecule is CN1C(=O)C(=Cc2ccc(C(F)(F)F)cc2)Sc2ccc(C(=O)NCc3ccc4c(c3)OCO4)cc21. The highest BCUT2D eigenvalue weighted by Crippen LogP contribution is 2.42. The predicted octanol–water partition coefficient (Wildman–Crippen LogP) is 5.47. The van der Waals surface area contributed by atoms with Gasteiger partial charge in [-0.05, 0) is 59.7 Å². The molecule has 2 amide bonds. The Balaban J connectivity index is 1.30. The van der Waals surface area contributed by atoms with Gasteiger partial charge in [0.15, 0.2) is 11.5 Å². The Morgan fingerprint density at radius 1 is 1.06 bits per heavy atom. The van der Waals surface area contributed by atoms with Gasteiger partial charge >= 0.3 is 6.18 Å². The Kier molecular flexibility index (Phi) is 6.13. The fourth-order valence-electron chi connectivity index (χ4n) is 3.79. The number of nitrogens with one attached hydrogen (secondary N) is 1. The molecule has 3 aromatic carbocycles. The van der Waals surface area contributed by atoms with Crippen LogP contribution in [0.4, 0.5) is 18.9 Å². The number of rotatable bonds is 4. The fourth-order valence-corrected chi connectivity index (χ4v) is 4.88. The van der Waals surface area contributed by atoms with E-state index in [1.54, 1.807) is 37.4 Å². The summed E-state index contributed by atoms with van der Waals surface area (Å²) >= 11 is 1.21. The van der Waals surface area contributed by atoms with Crippen molar-refractivity contribution in [2.75, 3.05) is 18.7 Å². The van der Waals surface area contributed by atoms with Crippen molar-refractivity contribution < 1.29 is 32.2 Å². The van der Waals surface area contributed by atoms with E-state index in [0.717, 1.165) is 22.6 Å². The van der Waals surface area contributed by atoms with Crippen LogP contribution in [0.2, 0.25) is 0 Å². The summed E-state index contributed by atoms with van der Waals surface area (Å²) in [5, 5.41) is 2.86. The van der Waals surface area contributed by atoms with Crippen LogP contribution in [-0.4, -0.2) is 25.7 Å². The number of ether oxygens (including phenoxy) is 2. The van der Waals surface area contributed by atoms with E-state index in [4.69, 9.17) is 9.47 Å². The van der Waals surface area contributed by atoms with Gasteiger partial charge < -0.3 is 19.7 Å². The highest BCUT2D eigenvalue weighted by Gasteiger charge is 2.30. The monoisotopic (exact) mass is 512 g/mol. The van der Waals surface area contributed by atoms with Gasteiger partial charge in [-0.15, -0.1) is 0 Å². The lowest BCUT2D eigenvalue weighted by molar-refractivity contribution is -0.137. The van der Waals surface area contributed by atoms with E-state index < -0.39 is 11.7 Å². The van der Waals surface area contributed by atoms with Gasteiger partial charge in [-0.2, -0.15) is 13.2 Å². The van der Waals surface area contributed by atoms with E-state index in [1.165, 1.54) is 28.8 Å². The number of carbonyl (C=O) groups excluding carboxylic acids is 2. The standard InChI is InChI=1S/C26H19F3N2O4S/c1-31-19-12-17(24(32)30-13-16-4-8-20-21(10-16)35-14-34-20)5-9-22(19)36-23(25(31)33)11-15-2-6-18(7-3-15)26(27,28)29/h2-12H,13-14H2,1H3,(H,30,32). The number of nitrogens with zero attached hydrogens (tertiary/aromatic N) is 1. The lowest BCUT2D eigenvalue weighted by Gasteiger charge is -2.27. The molecule has 6 nitrogen and oxygen atoms in total. The zero-order valence-electron chi connectivity index (χ0n) is 18.9. The summed E-state index contributed by atoms with van der Waals surface area (Å²) in [5.74, 6) is 0.683. The van der Waals surface area contributed by atoms with Crippen molar-refractivity contribution in [1.29, 1.82) is 0 Å². The van der Waals surface area contributed by atoms with Gasteiger partial charge in [0.05, 0.1) is 16.2 Å². The Morgan fingerprint density at radius 3 is 2.56 bits per heavy atom. The van der Waals surface area contributed by atoms with Crippen molar-refractivity contribution in [1.82, 2.24) is 5.32 Å². The van der Waals surface area contributed by atoms with Gasteiger partial charge in [0.25, 0.3) is 11.8 Å². The third-order valence-electron chi connectivity index (χ3n) is 5.74. The number of fused-ring (bicyclic) bond motifs is 2. The summed E-state index contributed by atoms with van der Waals surface area (Å²) in [4.78, 5) is 28.2. The predicted molar refractivity (Wildman–Crippen MR) is 129 cm³/mol. The highest BCUT2D eigenvalue weighted by atomic mass is 32.2. The van der Waals surface area contributed by atoms with Crippen molar-refractivity contribution in [3.63, 3.8) is 0 Å². The molecule has 2 aliphatic rings. The topological polar surface area (TPSA) is 67.9 Å². The van der Waals surface area contributed by atoms with E-state index in [1.807, 2.05) is 12.1 Å². The van der Waals surface area contributed by atoms with Crippen LogP contribution in [0, 0.1) is 0 Å². The lowest BCUT2D eigenvalue weighted by atomic mass is 10.1. The third-order valence-corrected chi connectivity index (χ3v) is 6.82. The molecule has 0 atom stereocenters. The van der Waals surface area contributed by atoms with Crippen LogP contribution in [-0.2, 0) is 17.5 Å². The number of halogens is 3. The minimum absolute atomic E-state index is 0.172. The smallest absolute Gasteiger partial charge is 0.416 e. The maximum absolute atomic E-state index is 12.9. The van der Waals surface area contributed by atoms with Crippen molar-refractivity contribution in [2.45, 2.75) is 17.6 Å². The van der Waals surface area contributed by atoms with Crippen LogP contribution in [0.15, 0.2) is 70.5 Å². The molecule has 3 aromatic rings. The molecule has 1 N–H and O–H groups in total. The molecule has 0 spiro atoms. The van der Waals surface area contributed by atoms with Crippen LogP contribution in [0.3, 0.4) is 0 Å². The molecule has 0 saturated carbocycles. The quantitative estimate of drug-likeness (QED) is 0.470. The van der Waals surface area contributed by atoms with Crippen LogP contribution in [0.25, 0.3) is 6.08 Å². The molecule has 0 aromatic heterocycles. The Labute approximate surface area is 208 Å². The van der Waals surface area contributed by atoms with Crippen molar-refractivity contribution in [2.24, 2.45) is 0 Å². The summed E-state index contributed by atoms with van der Waals surface area (Å²) in [6, 6.07) is 15.1. The van der Waals surface area contributed by atoms with Gasteiger partial charge in [0.2, 0.25) is 6.79 Å². The molecule has 0 aliphatic carbocycles. The summed E-state index contributed by atoms with van der Waals surface area (Å²) in [7, 11) is 1.59.